The first-order valence-corrected chi connectivity index (χ1v) is 5.41. The summed E-state index contributed by atoms with van der Waals surface area (Å²) in [4.78, 5) is 7.22. The smallest absolute Gasteiger partial charge is 0.107 e. The van der Waals surface area contributed by atoms with E-state index in [0.717, 1.165) is 31.7 Å². The van der Waals surface area contributed by atoms with E-state index >= 15 is 0 Å². The molecule has 1 fully saturated rings. The van der Waals surface area contributed by atoms with Crippen LogP contribution in [-0.4, -0.2) is 27.6 Å². The summed E-state index contributed by atoms with van der Waals surface area (Å²) in [5.74, 6) is 0.932. The molecule has 2 unspecified atom stereocenters. The van der Waals surface area contributed by atoms with Crippen LogP contribution in [0.4, 0.5) is 0 Å². The summed E-state index contributed by atoms with van der Waals surface area (Å²) in [5, 5.41) is -0.00356. The Labute approximate surface area is 88.8 Å². The lowest BCUT2D eigenvalue weighted by Gasteiger charge is -2.28. The zero-order chi connectivity index (χ0) is 10.0. The topological polar surface area (TPSA) is 37.9 Å². The molecule has 1 aliphatic rings. The lowest BCUT2D eigenvalue weighted by molar-refractivity contribution is 0.0166. The van der Waals surface area contributed by atoms with E-state index in [9.17, 15) is 0 Å². The van der Waals surface area contributed by atoms with Crippen LogP contribution in [0.5, 0.6) is 0 Å². The third-order valence-electron chi connectivity index (χ3n) is 2.84. The summed E-state index contributed by atoms with van der Waals surface area (Å²) in [5.41, 5.74) is -0.172. The molecular formula is C10H15ClN2O. The number of aromatic nitrogens is 2. The summed E-state index contributed by atoms with van der Waals surface area (Å²) in [6.45, 7) is 2.92. The lowest BCUT2D eigenvalue weighted by atomic mass is 9.96. The van der Waals surface area contributed by atoms with Crippen molar-refractivity contribution >= 4 is 11.6 Å². The predicted molar refractivity (Wildman–Crippen MR) is 55.5 cm³/mol. The predicted octanol–water partition coefficient (Wildman–Crippen LogP) is 2.13. The van der Waals surface area contributed by atoms with E-state index in [1.165, 1.54) is 0 Å². The second kappa shape index (κ2) is 3.91. The fraction of sp³-hybridized carbons (Fsp3) is 0.700. The van der Waals surface area contributed by atoms with Gasteiger partial charge in [0.25, 0.3) is 0 Å². The molecule has 0 spiro atoms. The minimum absolute atomic E-state index is 0.00356. The van der Waals surface area contributed by atoms with Crippen molar-refractivity contribution in [1.29, 1.82) is 0 Å². The van der Waals surface area contributed by atoms with Gasteiger partial charge < -0.3 is 9.72 Å². The normalized spacial score (nSPS) is 29.3. The van der Waals surface area contributed by atoms with Gasteiger partial charge in [-0.3, -0.25) is 0 Å². The van der Waals surface area contributed by atoms with Gasteiger partial charge in [0.05, 0.1) is 11.0 Å². The van der Waals surface area contributed by atoms with Crippen LogP contribution in [0.3, 0.4) is 0 Å². The minimum atomic E-state index is -0.172. The molecule has 14 heavy (non-hydrogen) atoms. The number of hydrogen-bond acceptors (Lipinski definition) is 2. The third-order valence-corrected chi connectivity index (χ3v) is 3.46. The molecule has 0 radical (unpaired) electrons. The fourth-order valence-corrected chi connectivity index (χ4v) is 2.16. The number of H-pyrrole nitrogens is 1. The van der Waals surface area contributed by atoms with Crippen molar-refractivity contribution < 1.29 is 4.74 Å². The Hall–Kier alpha value is -0.540. The summed E-state index contributed by atoms with van der Waals surface area (Å²) in [7, 11) is 0. The first-order valence-electron chi connectivity index (χ1n) is 4.97. The van der Waals surface area contributed by atoms with Crippen molar-refractivity contribution in [2.45, 2.75) is 37.2 Å². The zero-order valence-corrected chi connectivity index (χ0v) is 9.05. The molecular weight excluding hydrogens is 200 g/mol. The third kappa shape index (κ3) is 1.93. The van der Waals surface area contributed by atoms with Crippen LogP contribution in [0.15, 0.2) is 12.4 Å². The Morgan fingerprint density at radius 1 is 1.79 bits per heavy atom. The molecule has 2 rings (SSSR count). The van der Waals surface area contributed by atoms with Crippen LogP contribution in [-0.2, 0) is 11.2 Å². The standard InChI is InChI=1S/C10H15ClN2O/c1-10(3-2-6-14-10)8(11)7-9-12-4-5-13-9/h4-5,8H,2-3,6-7H2,1H3,(H,12,13). The summed E-state index contributed by atoms with van der Waals surface area (Å²) < 4.78 is 5.68. The molecule has 3 nitrogen and oxygen atoms in total. The number of hydrogen-bond donors (Lipinski definition) is 1. The van der Waals surface area contributed by atoms with Crippen LogP contribution in [0.1, 0.15) is 25.6 Å². The highest BCUT2D eigenvalue weighted by Gasteiger charge is 2.37. The van der Waals surface area contributed by atoms with Crippen LogP contribution < -0.4 is 0 Å². The largest absolute Gasteiger partial charge is 0.374 e. The Kier molecular flexibility index (Phi) is 2.79. The molecule has 1 saturated heterocycles. The first kappa shape index (κ1) is 9.99. The Morgan fingerprint density at radius 2 is 2.64 bits per heavy atom. The number of halogens is 1. The number of rotatable bonds is 3. The van der Waals surface area contributed by atoms with Gasteiger partial charge in [0.2, 0.25) is 0 Å². The zero-order valence-electron chi connectivity index (χ0n) is 8.29. The molecule has 2 atom stereocenters. The van der Waals surface area contributed by atoms with Gasteiger partial charge >= 0.3 is 0 Å². The molecule has 1 N–H and O–H groups in total. The second-order valence-electron chi connectivity index (χ2n) is 3.97. The number of ether oxygens (including phenoxy) is 1. The van der Waals surface area contributed by atoms with Crippen molar-refractivity contribution in [3.63, 3.8) is 0 Å². The molecule has 78 valence electrons. The van der Waals surface area contributed by atoms with Gasteiger partial charge in [0.1, 0.15) is 5.82 Å². The van der Waals surface area contributed by atoms with Crippen LogP contribution in [0.25, 0.3) is 0 Å². The van der Waals surface area contributed by atoms with E-state index in [1.54, 1.807) is 6.20 Å². The SMILES string of the molecule is CC1(C(Cl)Cc2ncc[nH]2)CCCO1. The Balaban J connectivity index is 1.98. The molecule has 1 aromatic rings. The molecule has 0 amide bonds. The van der Waals surface area contributed by atoms with Crippen LogP contribution in [0.2, 0.25) is 0 Å². The van der Waals surface area contributed by atoms with Crippen LogP contribution >= 0.6 is 11.6 Å². The van der Waals surface area contributed by atoms with Gasteiger partial charge in [-0.2, -0.15) is 0 Å². The van der Waals surface area contributed by atoms with Gasteiger partial charge in [-0.25, -0.2) is 4.98 Å². The summed E-state index contributed by atoms with van der Waals surface area (Å²) in [6, 6.07) is 0. The van der Waals surface area contributed by atoms with E-state index in [2.05, 4.69) is 16.9 Å². The van der Waals surface area contributed by atoms with Crippen LogP contribution in [0, 0.1) is 0 Å². The number of imidazole rings is 1. The van der Waals surface area contributed by atoms with Crippen molar-refractivity contribution in [1.82, 2.24) is 9.97 Å². The van der Waals surface area contributed by atoms with Crippen molar-refractivity contribution in [2.24, 2.45) is 0 Å². The van der Waals surface area contributed by atoms with Crippen molar-refractivity contribution in [3.8, 4) is 0 Å². The van der Waals surface area contributed by atoms with E-state index in [0.29, 0.717) is 0 Å². The highest BCUT2D eigenvalue weighted by Crippen LogP contribution is 2.33. The maximum Gasteiger partial charge on any atom is 0.107 e. The minimum Gasteiger partial charge on any atom is -0.374 e. The van der Waals surface area contributed by atoms with Crippen molar-refractivity contribution in [2.75, 3.05) is 6.61 Å². The maximum absolute atomic E-state index is 6.33. The van der Waals surface area contributed by atoms with E-state index in [-0.39, 0.29) is 11.0 Å². The number of nitrogens with one attached hydrogen (secondary N) is 1. The maximum atomic E-state index is 6.33. The highest BCUT2D eigenvalue weighted by molar-refractivity contribution is 6.21. The van der Waals surface area contributed by atoms with Gasteiger partial charge in [0.15, 0.2) is 0 Å². The van der Waals surface area contributed by atoms with E-state index < -0.39 is 0 Å². The van der Waals surface area contributed by atoms with E-state index in [1.807, 2.05) is 6.20 Å². The average molecular weight is 215 g/mol. The average Bonchev–Trinajstić information content (AvgIpc) is 2.76. The monoisotopic (exact) mass is 214 g/mol. The lowest BCUT2D eigenvalue weighted by Crippen LogP contribution is -2.36. The highest BCUT2D eigenvalue weighted by atomic mass is 35.5. The van der Waals surface area contributed by atoms with Gasteiger partial charge in [-0.15, -0.1) is 11.6 Å². The molecule has 4 heteroatoms. The first-order chi connectivity index (χ1) is 6.71. The Morgan fingerprint density at radius 3 is 3.21 bits per heavy atom. The number of alkyl halides is 1. The second-order valence-corrected chi connectivity index (χ2v) is 4.50. The molecule has 0 saturated carbocycles. The summed E-state index contributed by atoms with van der Waals surface area (Å²) >= 11 is 6.33. The summed E-state index contributed by atoms with van der Waals surface area (Å²) in [6.07, 6.45) is 6.46. The quantitative estimate of drug-likeness (QED) is 0.783. The fourth-order valence-electron chi connectivity index (χ4n) is 1.84. The van der Waals surface area contributed by atoms with Gasteiger partial charge in [0, 0.05) is 25.4 Å². The molecule has 2 heterocycles. The van der Waals surface area contributed by atoms with Gasteiger partial charge in [-0.05, 0) is 19.8 Å². The Bertz CT molecular complexity index is 280. The molecule has 0 aromatic carbocycles. The van der Waals surface area contributed by atoms with Gasteiger partial charge in [-0.1, -0.05) is 0 Å². The number of aromatic amines is 1. The molecule has 1 aromatic heterocycles. The molecule has 0 bridgehead atoms. The molecule has 1 aliphatic heterocycles. The van der Waals surface area contributed by atoms with E-state index in [4.69, 9.17) is 16.3 Å². The van der Waals surface area contributed by atoms with Crippen molar-refractivity contribution in [3.05, 3.63) is 18.2 Å². The molecule has 0 aliphatic carbocycles. The number of nitrogens with zero attached hydrogens (tertiary/aromatic N) is 1.